The Balaban J connectivity index is 2.43. The molecule has 6 heteroatoms. The van der Waals surface area contributed by atoms with Crippen LogP contribution in [0.2, 0.25) is 0 Å². The topological polar surface area (TPSA) is 66.6 Å². The summed E-state index contributed by atoms with van der Waals surface area (Å²) in [5, 5.41) is 20.2. The zero-order valence-electron chi connectivity index (χ0n) is 11.5. The molecule has 2 aromatic rings. The fourth-order valence-corrected chi connectivity index (χ4v) is 2.18. The van der Waals surface area contributed by atoms with Gasteiger partial charge in [0.1, 0.15) is 5.82 Å². The highest BCUT2D eigenvalue weighted by Crippen LogP contribution is 2.30. The number of nitro groups is 1. The third-order valence-electron chi connectivity index (χ3n) is 3.20. The zero-order valence-corrected chi connectivity index (χ0v) is 11.5. The summed E-state index contributed by atoms with van der Waals surface area (Å²) in [7, 11) is 0. The van der Waals surface area contributed by atoms with Crippen molar-refractivity contribution in [3.8, 4) is 0 Å². The molecule has 2 rings (SSSR count). The van der Waals surface area contributed by atoms with Crippen molar-refractivity contribution in [2.45, 2.75) is 13.5 Å². The first-order valence-electron chi connectivity index (χ1n) is 6.48. The van der Waals surface area contributed by atoms with Gasteiger partial charge in [0, 0.05) is 24.0 Å². The fraction of sp³-hybridized carbons (Fsp3) is 0.200. The van der Waals surface area contributed by atoms with Gasteiger partial charge < -0.3 is 10.0 Å². The second-order valence-corrected chi connectivity index (χ2v) is 4.45. The number of hydrogen-bond acceptors (Lipinski definition) is 4. The van der Waals surface area contributed by atoms with Crippen LogP contribution in [0.4, 0.5) is 21.5 Å². The first kappa shape index (κ1) is 14.9. The molecular formula is C15H15FN2O3. The molecule has 0 radical (unpaired) electrons. The Labute approximate surface area is 121 Å². The Morgan fingerprint density at radius 1 is 1.19 bits per heavy atom. The standard InChI is InChI=1S/C15H15FN2O3/c1-2-17(13-5-3-12(16)4-6-13)14-7-8-15(18(20)21)11(9-14)10-19/h3-9,19H,2,10H2,1H3. The van der Waals surface area contributed by atoms with Gasteiger partial charge in [-0.2, -0.15) is 0 Å². The lowest BCUT2D eigenvalue weighted by atomic mass is 10.1. The van der Waals surface area contributed by atoms with Gasteiger partial charge in [0.2, 0.25) is 0 Å². The van der Waals surface area contributed by atoms with Crippen molar-refractivity contribution < 1.29 is 14.4 Å². The lowest BCUT2D eigenvalue weighted by Crippen LogP contribution is -2.16. The van der Waals surface area contributed by atoms with Gasteiger partial charge >= 0.3 is 0 Å². The highest BCUT2D eigenvalue weighted by molar-refractivity contribution is 5.65. The van der Waals surface area contributed by atoms with Crippen LogP contribution in [0.15, 0.2) is 42.5 Å². The summed E-state index contributed by atoms with van der Waals surface area (Å²) in [4.78, 5) is 12.2. The van der Waals surface area contributed by atoms with Crippen LogP contribution in [0.5, 0.6) is 0 Å². The summed E-state index contributed by atoms with van der Waals surface area (Å²) in [6.45, 7) is 2.11. The molecule has 110 valence electrons. The lowest BCUT2D eigenvalue weighted by molar-refractivity contribution is -0.385. The minimum absolute atomic E-state index is 0.114. The highest BCUT2D eigenvalue weighted by Gasteiger charge is 2.16. The van der Waals surface area contributed by atoms with E-state index in [9.17, 15) is 19.6 Å². The van der Waals surface area contributed by atoms with E-state index < -0.39 is 11.5 Å². The number of nitro benzene ring substituents is 1. The maximum absolute atomic E-state index is 13.0. The lowest BCUT2D eigenvalue weighted by Gasteiger charge is -2.23. The van der Waals surface area contributed by atoms with Crippen molar-refractivity contribution in [3.63, 3.8) is 0 Å². The summed E-state index contributed by atoms with van der Waals surface area (Å²) in [5.41, 5.74) is 1.62. The maximum Gasteiger partial charge on any atom is 0.275 e. The van der Waals surface area contributed by atoms with Gasteiger partial charge in [-0.25, -0.2) is 4.39 Å². The number of rotatable bonds is 5. The third kappa shape index (κ3) is 3.17. The van der Waals surface area contributed by atoms with Crippen molar-refractivity contribution in [1.82, 2.24) is 0 Å². The molecule has 0 fully saturated rings. The molecule has 0 heterocycles. The third-order valence-corrected chi connectivity index (χ3v) is 3.20. The van der Waals surface area contributed by atoms with E-state index in [4.69, 9.17) is 0 Å². The first-order valence-corrected chi connectivity index (χ1v) is 6.48. The largest absolute Gasteiger partial charge is 0.391 e. The van der Waals surface area contributed by atoms with Crippen molar-refractivity contribution in [3.05, 3.63) is 64.0 Å². The van der Waals surface area contributed by atoms with E-state index in [-0.39, 0.29) is 17.1 Å². The summed E-state index contributed by atoms with van der Waals surface area (Å²) >= 11 is 0. The van der Waals surface area contributed by atoms with Crippen LogP contribution in [0, 0.1) is 15.9 Å². The minimum atomic E-state index is -0.524. The predicted molar refractivity (Wildman–Crippen MR) is 78.1 cm³/mol. The number of aliphatic hydroxyl groups excluding tert-OH is 1. The molecule has 1 N–H and O–H groups in total. The minimum Gasteiger partial charge on any atom is -0.391 e. The van der Waals surface area contributed by atoms with Crippen LogP contribution in [0.1, 0.15) is 12.5 Å². The smallest absolute Gasteiger partial charge is 0.275 e. The number of hydrogen-bond donors (Lipinski definition) is 1. The molecule has 0 aliphatic carbocycles. The van der Waals surface area contributed by atoms with Gasteiger partial charge in [-0.1, -0.05) is 0 Å². The second kappa shape index (κ2) is 6.32. The molecule has 0 aromatic heterocycles. The molecule has 0 unspecified atom stereocenters. The second-order valence-electron chi connectivity index (χ2n) is 4.45. The molecule has 0 spiro atoms. The zero-order chi connectivity index (χ0) is 15.4. The van der Waals surface area contributed by atoms with Gasteiger partial charge in [0.15, 0.2) is 0 Å². The van der Waals surface area contributed by atoms with E-state index in [1.165, 1.54) is 18.2 Å². The van der Waals surface area contributed by atoms with Gasteiger partial charge in [-0.15, -0.1) is 0 Å². The average Bonchev–Trinajstić information content (AvgIpc) is 2.49. The van der Waals surface area contributed by atoms with Crippen molar-refractivity contribution >= 4 is 17.1 Å². The van der Waals surface area contributed by atoms with E-state index in [1.54, 1.807) is 24.3 Å². The van der Waals surface area contributed by atoms with Crippen molar-refractivity contribution in [2.24, 2.45) is 0 Å². The molecule has 0 atom stereocenters. The molecule has 0 aliphatic heterocycles. The van der Waals surface area contributed by atoms with E-state index in [0.717, 1.165) is 5.69 Å². The number of anilines is 2. The SMILES string of the molecule is CCN(c1ccc(F)cc1)c1ccc([N+](=O)[O-])c(CO)c1. The van der Waals surface area contributed by atoms with Crippen LogP contribution >= 0.6 is 0 Å². The monoisotopic (exact) mass is 290 g/mol. The summed E-state index contributed by atoms with van der Waals surface area (Å²) in [6, 6.07) is 10.5. The number of aliphatic hydroxyl groups is 1. The summed E-state index contributed by atoms with van der Waals surface area (Å²) in [6.07, 6.45) is 0. The van der Waals surface area contributed by atoms with E-state index in [2.05, 4.69) is 0 Å². The maximum atomic E-state index is 13.0. The molecule has 0 amide bonds. The van der Waals surface area contributed by atoms with Gasteiger partial charge in [-0.3, -0.25) is 10.1 Å². The number of benzene rings is 2. The van der Waals surface area contributed by atoms with Crippen LogP contribution < -0.4 is 4.90 Å². The molecule has 0 saturated carbocycles. The van der Waals surface area contributed by atoms with E-state index >= 15 is 0 Å². The Morgan fingerprint density at radius 2 is 1.81 bits per heavy atom. The highest BCUT2D eigenvalue weighted by atomic mass is 19.1. The van der Waals surface area contributed by atoms with Crippen molar-refractivity contribution in [1.29, 1.82) is 0 Å². The van der Waals surface area contributed by atoms with Gasteiger partial charge in [-0.05, 0) is 43.3 Å². The van der Waals surface area contributed by atoms with Crippen LogP contribution in [0.25, 0.3) is 0 Å². The Kier molecular flexibility index (Phi) is 4.49. The van der Waals surface area contributed by atoms with Gasteiger partial charge in [0.05, 0.1) is 17.1 Å². The van der Waals surface area contributed by atoms with E-state index in [1.807, 2.05) is 11.8 Å². The average molecular weight is 290 g/mol. The molecule has 0 saturated heterocycles. The molecule has 5 nitrogen and oxygen atoms in total. The quantitative estimate of drug-likeness (QED) is 0.677. The Bertz CT molecular complexity index is 644. The summed E-state index contributed by atoms with van der Waals surface area (Å²) in [5.74, 6) is -0.324. The van der Waals surface area contributed by atoms with Crippen molar-refractivity contribution in [2.75, 3.05) is 11.4 Å². The Hall–Kier alpha value is -2.47. The van der Waals surface area contributed by atoms with Crippen LogP contribution in [-0.4, -0.2) is 16.6 Å². The predicted octanol–water partition coefficient (Wildman–Crippen LogP) is 3.38. The number of halogens is 1. The van der Waals surface area contributed by atoms with E-state index in [0.29, 0.717) is 12.2 Å². The fourth-order valence-electron chi connectivity index (χ4n) is 2.18. The van der Waals surface area contributed by atoms with Crippen LogP contribution in [-0.2, 0) is 6.61 Å². The molecular weight excluding hydrogens is 275 g/mol. The number of nitrogens with zero attached hydrogens (tertiary/aromatic N) is 2. The molecule has 2 aromatic carbocycles. The van der Waals surface area contributed by atoms with Crippen LogP contribution in [0.3, 0.4) is 0 Å². The first-order chi connectivity index (χ1) is 10.1. The molecule has 0 aliphatic rings. The Morgan fingerprint density at radius 3 is 2.33 bits per heavy atom. The van der Waals surface area contributed by atoms with Gasteiger partial charge in [0.25, 0.3) is 5.69 Å². The normalized spacial score (nSPS) is 10.4. The summed E-state index contributed by atoms with van der Waals surface area (Å²) < 4.78 is 13.0. The molecule has 0 bridgehead atoms. The molecule has 21 heavy (non-hydrogen) atoms.